The minimum Gasteiger partial charge on any atom is -0.496 e. The third-order valence-corrected chi connectivity index (χ3v) is 5.13. The number of methoxy groups -OCH3 is 1. The van der Waals surface area contributed by atoms with Crippen LogP contribution in [0, 0.1) is 13.8 Å². The number of benzene rings is 2. The maximum Gasteiger partial charge on any atom is 0.315 e. The van der Waals surface area contributed by atoms with Gasteiger partial charge in [-0.15, -0.1) is 0 Å². The summed E-state index contributed by atoms with van der Waals surface area (Å²) < 4.78 is 5.32. The maximum atomic E-state index is 12.4. The van der Waals surface area contributed by atoms with Crippen LogP contribution < -0.4 is 20.3 Å². The van der Waals surface area contributed by atoms with E-state index in [2.05, 4.69) is 10.6 Å². The highest BCUT2D eigenvalue weighted by Gasteiger charge is 2.31. The number of hydrogen-bond acceptors (Lipinski definition) is 3. The third-order valence-electron chi connectivity index (χ3n) is 5.13. The molecule has 0 unspecified atom stereocenters. The van der Waals surface area contributed by atoms with E-state index < -0.39 is 0 Å². The molecule has 0 radical (unpaired) electrons. The number of carbonyl (C=O) groups is 2. The fourth-order valence-corrected chi connectivity index (χ4v) is 3.40. The van der Waals surface area contributed by atoms with Gasteiger partial charge in [0.15, 0.2) is 0 Å². The van der Waals surface area contributed by atoms with Crippen molar-refractivity contribution in [3.8, 4) is 5.75 Å². The summed E-state index contributed by atoms with van der Waals surface area (Å²) in [7, 11) is 1.64. The first-order chi connectivity index (χ1) is 13.5. The molecule has 1 fully saturated rings. The molecule has 0 spiro atoms. The summed E-state index contributed by atoms with van der Waals surface area (Å²) >= 11 is 0. The predicted molar refractivity (Wildman–Crippen MR) is 110 cm³/mol. The molecule has 6 heteroatoms. The third kappa shape index (κ3) is 4.63. The topological polar surface area (TPSA) is 70.7 Å². The average Bonchev–Trinajstić information content (AvgIpc) is 3.04. The summed E-state index contributed by atoms with van der Waals surface area (Å²) in [5.41, 5.74) is 4.27. The SMILES string of the molecule is COc1ccccc1CCNC(=O)N[C@@H]1CC(=O)N(c2ccc(C)c(C)c2)C1. The van der Waals surface area contributed by atoms with Gasteiger partial charge in [0.25, 0.3) is 0 Å². The fourth-order valence-electron chi connectivity index (χ4n) is 3.40. The Morgan fingerprint density at radius 2 is 1.96 bits per heavy atom. The zero-order valence-electron chi connectivity index (χ0n) is 16.6. The lowest BCUT2D eigenvalue weighted by Gasteiger charge is -2.18. The van der Waals surface area contributed by atoms with Crippen LogP contribution in [-0.2, 0) is 11.2 Å². The van der Waals surface area contributed by atoms with Crippen LogP contribution in [0.15, 0.2) is 42.5 Å². The fraction of sp³-hybridized carbons (Fsp3) is 0.364. The van der Waals surface area contributed by atoms with Crippen molar-refractivity contribution < 1.29 is 14.3 Å². The van der Waals surface area contributed by atoms with Gasteiger partial charge in [0.05, 0.1) is 13.2 Å². The van der Waals surface area contributed by atoms with Crippen molar-refractivity contribution in [2.45, 2.75) is 32.7 Å². The van der Waals surface area contributed by atoms with E-state index in [1.54, 1.807) is 12.0 Å². The van der Waals surface area contributed by atoms with Crippen molar-refractivity contribution in [1.82, 2.24) is 10.6 Å². The first-order valence-electron chi connectivity index (χ1n) is 9.52. The standard InChI is InChI=1S/C22H27N3O3/c1-15-8-9-19(12-16(15)2)25-14-18(13-21(25)26)24-22(27)23-11-10-17-6-4-5-7-20(17)28-3/h4-9,12,18H,10-11,13-14H2,1-3H3,(H2,23,24,27)/t18-/m1/s1. The molecule has 0 bridgehead atoms. The first kappa shape index (κ1) is 19.7. The van der Waals surface area contributed by atoms with Gasteiger partial charge in [-0.2, -0.15) is 0 Å². The van der Waals surface area contributed by atoms with E-state index in [1.807, 2.05) is 56.3 Å². The van der Waals surface area contributed by atoms with Crippen LogP contribution in [-0.4, -0.2) is 38.2 Å². The zero-order chi connectivity index (χ0) is 20.1. The van der Waals surface area contributed by atoms with Crippen LogP contribution >= 0.6 is 0 Å². The molecule has 0 aromatic heterocycles. The van der Waals surface area contributed by atoms with Crippen molar-refractivity contribution in [3.63, 3.8) is 0 Å². The van der Waals surface area contributed by atoms with Crippen LogP contribution in [0.25, 0.3) is 0 Å². The first-order valence-corrected chi connectivity index (χ1v) is 9.52. The van der Waals surface area contributed by atoms with Gasteiger partial charge in [-0.3, -0.25) is 4.79 Å². The number of carbonyl (C=O) groups excluding carboxylic acids is 2. The number of para-hydroxylation sites is 1. The molecule has 3 amide bonds. The normalized spacial score (nSPS) is 16.2. The average molecular weight is 381 g/mol. The molecule has 6 nitrogen and oxygen atoms in total. The van der Waals surface area contributed by atoms with Crippen LogP contribution in [0.2, 0.25) is 0 Å². The lowest BCUT2D eigenvalue weighted by atomic mass is 10.1. The summed E-state index contributed by atoms with van der Waals surface area (Å²) in [6.07, 6.45) is 0.989. The Hall–Kier alpha value is -3.02. The Balaban J connectivity index is 1.49. The van der Waals surface area contributed by atoms with Crippen molar-refractivity contribution in [2.24, 2.45) is 0 Å². The summed E-state index contributed by atoms with van der Waals surface area (Å²) in [5.74, 6) is 0.845. The van der Waals surface area contributed by atoms with Gasteiger partial charge in [-0.05, 0) is 55.2 Å². The van der Waals surface area contributed by atoms with Crippen molar-refractivity contribution in [2.75, 3.05) is 25.1 Å². The van der Waals surface area contributed by atoms with Crippen LogP contribution in [0.3, 0.4) is 0 Å². The van der Waals surface area contributed by atoms with E-state index >= 15 is 0 Å². The van der Waals surface area contributed by atoms with Gasteiger partial charge in [0, 0.05) is 25.2 Å². The summed E-state index contributed by atoms with van der Waals surface area (Å²) in [5, 5.41) is 5.77. The number of nitrogens with one attached hydrogen (secondary N) is 2. The van der Waals surface area contributed by atoms with Crippen molar-refractivity contribution in [3.05, 3.63) is 59.2 Å². The number of aryl methyl sites for hydroxylation is 2. The second-order valence-electron chi connectivity index (χ2n) is 7.14. The van der Waals surface area contributed by atoms with E-state index in [1.165, 1.54) is 5.56 Å². The number of rotatable bonds is 6. The molecule has 2 N–H and O–H groups in total. The van der Waals surface area contributed by atoms with Gasteiger partial charge >= 0.3 is 6.03 Å². The van der Waals surface area contributed by atoms with Crippen LogP contribution in [0.1, 0.15) is 23.1 Å². The van der Waals surface area contributed by atoms with Gasteiger partial charge in [-0.25, -0.2) is 4.79 Å². The summed E-state index contributed by atoms with van der Waals surface area (Å²) in [6, 6.07) is 13.3. The molecule has 1 atom stereocenters. The lowest BCUT2D eigenvalue weighted by molar-refractivity contribution is -0.117. The number of nitrogens with zero attached hydrogens (tertiary/aromatic N) is 1. The number of hydrogen-bond donors (Lipinski definition) is 2. The molecule has 148 valence electrons. The summed E-state index contributed by atoms with van der Waals surface area (Å²) in [6.45, 7) is 5.06. The van der Waals surface area contributed by atoms with E-state index in [4.69, 9.17) is 4.74 Å². The molecule has 1 aliphatic rings. The Morgan fingerprint density at radius 1 is 1.18 bits per heavy atom. The number of amides is 3. The minimum atomic E-state index is -0.255. The van der Waals surface area contributed by atoms with Crippen molar-refractivity contribution in [1.29, 1.82) is 0 Å². The molecule has 1 saturated heterocycles. The van der Waals surface area contributed by atoms with Crippen LogP contribution in [0.5, 0.6) is 5.75 Å². The molecule has 28 heavy (non-hydrogen) atoms. The van der Waals surface area contributed by atoms with Gasteiger partial charge < -0.3 is 20.3 Å². The largest absolute Gasteiger partial charge is 0.496 e. The predicted octanol–water partition coefficient (Wildman–Crippen LogP) is 2.96. The molecule has 2 aromatic carbocycles. The highest BCUT2D eigenvalue weighted by Crippen LogP contribution is 2.24. The van der Waals surface area contributed by atoms with E-state index in [-0.39, 0.29) is 18.0 Å². The molecular weight excluding hydrogens is 354 g/mol. The van der Waals surface area contributed by atoms with Gasteiger partial charge in [0.1, 0.15) is 5.75 Å². The second-order valence-corrected chi connectivity index (χ2v) is 7.14. The van der Waals surface area contributed by atoms with E-state index in [9.17, 15) is 9.59 Å². The second kappa shape index (κ2) is 8.78. The molecule has 0 aliphatic carbocycles. The monoisotopic (exact) mass is 381 g/mol. The maximum absolute atomic E-state index is 12.4. The van der Waals surface area contributed by atoms with Crippen molar-refractivity contribution >= 4 is 17.6 Å². The van der Waals surface area contributed by atoms with Crippen LogP contribution in [0.4, 0.5) is 10.5 Å². The number of anilines is 1. The van der Waals surface area contributed by atoms with E-state index in [0.29, 0.717) is 25.9 Å². The number of ether oxygens (including phenoxy) is 1. The molecule has 1 aliphatic heterocycles. The quantitative estimate of drug-likeness (QED) is 0.808. The molecule has 2 aromatic rings. The lowest BCUT2D eigenvalue weighted by Crippen LogP contribution is -2.44. The Labute approximate surface area is 165 Å². The number of urea groups is 1. The Morgan fingerprint density at radius 3 is 2.71 bits per heavy atom. The minimum absolute atomic E-state index is 0.0302. The Kier molecular flexibility index (Phi) is 6.19. The molecule has 0 saturated carbocycles. The van der Waals surface area contributed by atoms with Gasteiger partial charge in [-0.1, -0.05) is 24.3 Å². The highest BCUT2D eigenvalue weighted by atomic mass is 16.5. The Bertz CT molecular complexity index is 866. The molecule has 1 heterocycles. The summed E-state index contributed by atoms with van der Waals surface area (Å²) in [4.78, 5) is 26.3. The zero-order valence-corrected chi connectivity index (χ0v) is 16.6. The highest BCUT2D eigenvalue weighted by molar-refractivity contribution is 5.96. The van der Waals surface area contributed by atoms with E-state index in [0.717, 1.165) is 22.6 Å². The molecular formula is C22H27N3O3. The molecule has 3 rings (SSSR count). The smallest absolute Gasteiger partial charge is 0.315 e. The van der Waals surface area contributed by atoms with Gasteiger partial charge in [0.2, 0.25) is 5.91 Å².